The number of piperidine rings is 1. The zero-order valence-corrected chi connectivity index (χ0v) is 13.7. The molecule has 6 nitrogen and oxygen atoms in total. The fourth-order valence-electron chi connectivity index (χ4n) is 3.69. The first-order valence-electron chi connectivity index (χ1n) is 8.19. The Morgan fingerprint density at radius 3 is 2.73 bits per heavy atom. The Kier molecular flexibility index (Phi) is 4.21. The van der Waals surface area contributed by atoms with Crippen molar-refractivity contribution in [1.29, 1.82) is 0 Å². The number of amides is 1. The van der Waals surface area contributed by atoms with Gasteiger partial charge < -0.3 is 14.1 Å². The molecule has 1 aromatic heterocycles. The van der Waals surface area contributed by atoms with Gasteiger partial charge in [-0.2, -0.15) is 0 Å². The Balaban J connectivity index is 1.69. The zero-order valence-electron chi connectivity index (χ0n) is 13.7. The van der Waals surface area contributed by atoms with Gasteiger partial charge in [0.15, 0.2) is 0 Å². The van der Waals surface area contributed by atoms with E-state index in [-0.39, 0.29) is 23.5 Å². The van der Waals surface area contributed by atoms with E-state index in [1.165, 1.54) is 0 Å². The van der Waals surface area contributed by atoms with E-state index >= 15 is 0 Å². The Bertz CT molecular complexity index is 533. The highest BCUT2D eigenvalue weighted by atomic mass is 16.5. The molecule has 2 aliphatic rings. The summed E-state index contributed by atoms with van der Waals surface area (Å²) < 4.78 is 11.2. The molecule has 1 aliphatic carbocycles. The number of hydrogen-bond acceptors (Lipinski definition) is 5. The normalized spacial score (nSPS) is 27.5. The number of likely N-dealkylation sites (tertiary alicyclic amines) is 1. The van der Waals surface area contributed by atoms with Crippen LogP contribution in [0.15, 0.2) is 4.42 Å². The molecule has 6 heteroatoms. The number of ether oxygens (including phenoxy) is 1. The molecule has 2 heterocycles. The molecular formula is C16H25N3O3. The molecule has 1 amide bonds. The standard InChI is InChI=1S/C16H25N3O3/c1-11-13(15-18-17-12(2)22-15)6-4-9-19(11)14(20)10-16(21-3)7-5-8-16/h11,13H,4-10H2,1-3H3/t11-,13-/m0/s1. The van der Waals surface area contributed by atoms with Gasteiger partial charge in [0, 0.05) is 26.6 Å². The topological polar surface area (TPSA) is 68.5 Å². The first-order chi connectivity index (χ1) is 10.5. The smallest absolute Gasteiger partial charge is 0.225 e. The highest BCUT2D eigenvalue weighted by Gasteiger charge is 2.42. The molecule has 1 saturated heterocycles. The van der Waals surface area contributed by atoms with Crippen LogP contribution in [0.1, 0.15) is 63.1 Å². The van der Waals surface area contributed by atoms with Crippen LogP contribution in [0.4, 0.5) is 0 Å². The summed E-state index contributed by atoms with van der Waals surface area (Å²) in [7, 11) is 1.72. The molecule has 0 N–H and O–H groups in total. The van der Waals surface area contributed by atoms with Crippen LogP contribution in [0.2, 0.25) is 0 Å². The third-order valence-corrected chi connectivity index (χ3v) is 5.34. The minimum absolute atomic E-state index is 0.0927. The summed E-state index contributed by atoms with van der Waals surface area (Å²) in [5.41, 5.74) is -0.217. The van der Waals surface area contributed by atoms with Gasteiger partial charge in [-0.3, -0.25) is 4.79 Å². The maximum Gasteiger partial charge on any atom is 0.225 e. The molecule has 1 saturated carbocycles. The Labute approximate surface area is 131 Å². The fourth-order valence-corrected chi connectivity index (χ4v) is 3.69. The second kappa shape index (κ2) is 5.99. The summed E-state index contributed by atoms with van der Waals surface area (Å²) in [6.07, 6.45) is 5.58. The van der Waals surface area contributed by atoms with Gasteiger partial charge in [0.1, 0.15) is 0 Å². The third-order valence-electron chi connectivity index (χ3n) is 5.34. The minimum atomic E-state index is -0.217. The number of carbonyl (C=O) groups excluding carboxylic acids is 1. The van der Waals surface area contributed by atoms with E-state index in [0.29, 0.717) is 18.2 Å². The van der Waals surface area contributed by atoms with Gasteiger partial charge >= 0.3 is 0 Å². The summed E-state index contributed by atoms with van der Waals surface area (Å²) in [5.74, 6) is 1.57. The predicted molar refractivity (Wildman–Crippen MR) is 80.4 cm³/mol. The van der Waals surface area contributed by atoms with Crippen molar-refractivity contribution < 1.29 is 13.9 Å². The van der Waals surface area contributed by atoms with Crippen molar-refractivity contribution in [3.05, 3.63) is 11.8 Å². The van der Waals surface area contributed by atoms with Crippen molar-refractivity contribution in [2.75, 3.05) is 13.7 Å². The van der Waals surface area contributed by atoms with Crippen LogP contribution in [0.25, 0.3) is 0 Å². The molecule has 0 unspecified atom stereocenters. The summed E-state index contributed by atoms with van der Waals surface area (Å²) in [5, 5.41) is 8.07. The maximum atomic E-state index is 12.7. The summed E-state index contributed by atoms with van der Waals surface area (Å²) >= 11 is 0. The molecule has 0 spiro atoms. The second-order valence-electron chi connectivity index (χ2n) is 6.65. The van der Waals surface area contributed by atoms with E-state index in [9.17, 15) is 4.79 Å². The number of nitrogens with zero attached hydrogens (tertiary/aromatic N) is 3. The molecule has 0 radical (unpaired) electrons. The van der Waals surface area contributed by atoms with Gasteiger partial charge in [0.05, 0.1) is 17.9 Å². The van der Waals surface area contributed by atoms with E-state index in [0.717, 1.165) is 38.6 Å². The number of aryl methyl sites for hydroxylation is 1. The van der Waals surface area contributed by atoms with Crippen molar-refractivity contribution in [2.24, 2.45) is 0 Å². The summed E-state index contributed by atoms with van der Waals surface area (Å²) in [4.78, 5) is 14.7. The van der Waals surface area contributed by atoms with Crippen molar-refractivity contribution in [3.8, 4) is 0 Å². The van der Waals surface area contributed by atoms with Gasteiger partial charge in [-0.05, 0) is 39.0 Å². The Morgan fingerprint density at radius 1 is 1.41 bits per heavy atom. The lowest BCUT2D eigenvalue weighted by Gasteiger charge is -2.44. The lowest BCUT2D eigenvalue weighted by atomic mass is 9.77. The van der Waals surface area contributed by atoms with Crippen LogP contribution >= 0.6 is 0 Å². The van der Waals surface area contributed by atoms with E-state index in [4.69, 9.17) is 9.15 Å². The van der Waals surface area contributed by atoms with E-state index < -0.39 is 0 Å². The number of rotatable bonds is 4. The van der Waals surface area contributed by atoms with Gasteiger partial charge in [0.2, 0.25) is 17.7 Å². The van der Waals surface area contributed by atoms with Crippen LogP contribution in [0.5, 0.6) is 0 Å². The molecule has 122 valence electrons. The van der Waals surface area contributed by atoms with Crippen LogP contribution in [0, 0.1) is 6.92 Å². The van der Waals surface area contributed by atoms with E-state index in [1.807, 2.05) is 4.90 Å². The number of hydrogen-bond donors (Lipinski definition) is 0. The van der Waals surface area contributed by atoms with Gasteiger partial charge in [-0.25, -0.2) is 0 Å². The molecular weight excluding hydrogens is 282 g/mol. The number of aromatic nitrogens is 2. The van der Waals surface area contributed by atoms with Gasteiger partial charge in [0.25, 0.3) is 0 Å². The number of carbonyl (C=O) groups is 1. The molecule has 1 aromatic rings. The molecule has 1 aliphatic heterocycles. The first-order valence-corrected chi connectivity index (χ1v) is 8.19. The van der Waals surface area contributed by atoms with Crippen molar-refractivity contribution in [3.63, 3.8) is 0 Å². The van der Waals surface area contributed by atoms with Crippen LogP contribution in [-0.4, -0.2) is 46.3 Å². The zero-order chi connectivity index (χ0) is 15.7. The SMILES string of the molecule is COC1(CC(=O)N2CCC[C@H](c3nnc(C)o3)[C@@H]2C)CCC1. The molecule has 0 bridgehead atoms. The van der Waals surface area contributed by atoms with Crippen LogP contribution in [0.3, 0.4) is 0 Å². The van der Waals surface area contributed by atoms with Crippen LogP contribution in [-0.2, 0) is 9.53 Å². The predicted octanol–water partition coefficient (Wildman–Crippen LogP) is 2.43. The lowest BCUT2D eigenvalue weighted by Crippen LogP contribution is -2.50. The minimum Gasteiger partial charge on any atom is -0.425 e. The van der Waals surface area contributed by atoms with Crippen molar-refractivity contribution in [1.82, 2.24) is 15.1 Å². The highest BCUT2D eigenvalue weighted by Crippen LogP contribution is 2.40. The quantitative estimate of drug-likeness (QED) is 0.854. The molecule has 2 fully saturated rings. The molecule has 22 heavy (non-hydrogen) atoms. The van der Waals surface area contributed by atoms with E-state index in [1.54, 1.807) is 14.0 Å². The summed E-state index contributed by atoms with van der Waals surface area (Å²) in [6, 6.07) is 0.0927. The molecule has 0 aromatic carbocycles. The average molecular weight is 307 g/mol. The van der Waals surface area contributed by atoms with Crippen molar-refractivity contribution >= 4 is 5.91 Å². The fraction of sp³-hybridized carbons (Fsp3) is 0.812. The Morgan fingerprint density at radius 2 is 2.18 bits per heavy atom. The second-order valence-corrected chi connectivity index (χ2v) is 6.65. The van der Waals surface area contributed by atoms with Crippen LogP contribution < -0.4 is 0 Å². The largest absolute Gasteiger partial charge is 0.425 e. The molecule has 3 rings (SSSR count). The maximum absolute atomic E-state index is 12.7. The number of methoxy groups -OCH3 is 1. The first kappa shape index (κ1) is 15.5. The van der Waals surface area contributed by atoms with Crippen molar-refractivity contribution in [2.45, 2.75) is 69.9 Å². The van der Waals surface area contributed by atoms with E-state index in [2.05, 4.69) is 17.1 Å². The van der Waals surface area contributed by atoms with Gasteiger partial charge in [-0.15, -0.1) is 10.2 Å². The van der Waals surface area contributed by atoms with Gasteiger partial charge in [-0.1, -0.05) is 0 Å². The third kappa shape index (κ3) is 2.76. The summed E-state index contributed by atoms with van der Waals surface area (Å²) in [6.45, 7) is 4.69. The molecule has 2 atom stereocenters. The lowest BCUT2D eigenvalue weighted by molar-refractivity contribution is -0.147. The monoisotopic (exact) mass is 307 g/mol. The average Bonchev–Trinajstić information content (AvgIpc) is 2.89. The Hall–Kier alpha value is -1.43. The highest BCUT2D eigenvalue weighted by molar-refractivity contribution is 5.78.